The van der Waals surface area contributed by atoms with Gasteiger partial charge in [-0.05, 0) is 44.0 Å². The molecule has 1 aliphatic heterocycles. The number of benzene rings is 1. The molecule has 1 aliphatic rings. The van der Waals surface area contributed by atoms with Crippen molar-refractivity contribution in [2.45, 2.75) is 38.3 Å². The summed E-state index contributed by atoms with van der Waals surface area (Å²) in [5.74, 6) is 0.0757. The fraction of sp³-hybridized carbons (Fsp3) is 0.412. The number of carbonyl (C=O) groups excluding carboxylic acids is 1. The Hall–Kier alpha value is -2.14. The monoisotopic (exact) mass is 298 g/mol. The highest BCUT2D eigenvalue weighted by atomic mass is 16.1. The lowest BCUT2D eigenvalue weighted by molar-refractivity contribution is -0.121. The lowest BCUT2D eigenvalue weighted by Crippen LogP contribution is -2.46. The Morgan fingerprint density at radius 1 is 1.41 bits per heavy atom. The highest BCUT2D eigenvalue weighted by Gasteiger charge is 2.20. The zero-order valence-corrected chi connectivity index (χ0v) is 12.8. The average molecular weight is 298 g/mol. The maximum absolute atomic E-state index is 12.2. The van der Waals surface area contributed by atoms with Crippen LogP contribution < -0.4 is 10.6 Å². The first-order valence-corrected chi connectivity index (χ1v) is 7.82. The van der Waals surface area contributed by atoms with Crippen molar-refractivity contribution in [1.82, 2.24) is 20.4 Å². The summed E-state index contributed by atoms with van der Waals surface area (Å²) in [5, 5.41) is 10.8. The van der Waals surface area contributed by atoms with Gasteiger partial charge in [0.1, 0.15) is 0 Å². The van der Waals surface area contributed by atoms with E-state index in [2.05, 4.69) is 22.7 Å². The molecule has 2 heterocycles. The van der Waals surface area contributed by atoms with Crippen LogP contribution in [0.2, 0.25) is 0 Å². The summed E-state index contributed by atoms with van der Waals surface area (Å²) in [6.07, 6.45) is 6.05. The molecular weight excluding hydrogens is 276 g/mol. The van der Waals surface area contributed by atoms with Gasteiger partial charge in [0.25, 0.3) is 0 Å². The molecule has 0 aliphatic carbocycles. The maximum atomic E-state index is 12.2. The third kappa shape index (κ3) is 3.74. The van der Waals surface area contributed by atoms with Crippen LogP contribution in [0.4, 0.5) is 0 Å². The van der Waals surface area contributed by atoms with Crippen LogP contribution in [0.5, 0.6) is 0 Å². The molecule has 2 N–H and O–H groups in total. The summed E-state index contributed by atoms with van der Waals surface area (Å²) in [7, 11) is 0. The minimum atomic E-state index is 0.0757. The fourth-order valence-corrected chi connectivity index (χ4v) is 2.90. The first-order chi connectivity index (χ1) is 10.7. The van der Waals surface area contributed by atoms with Gasteiger partial charge < -0.3 is 10.6 Å². The Morgan fingerprint density at radius 3 is 3.00 bits per heavy atom. The van der Waals surface area contributed by atoms with Gasteiger partial charge in [-0.1, -0.05) is 18.2 Å². The van der Waals surface area contributed by atoms with E-state index in [0.717, 1.165) is 30.6 Å². The maximum Gasteiger partial charge on any atom is 0.224 e. The van der Waals surface area contributed by atoms with E-state index < -0.39 is 0 Å². The van der Waals surface area contributed by atoms with Gasteiger partial charge in [-0.25, -0.2) is 4.68 Å². The molecule has 1 amide bonds. The minimum Gasteiger partial charge on any atom is -0.353 e. The molecule has 0 radical (unpaired) electrons. The second-order valence-electron chi connectivity index (χ2n) is 5.95. The van der Waals surface area contributed by atoms with E-state index in [9.17, 15) is 4.79 Å². The number of aromatic nitrogens is 2. The Bertz CT molecular complexity index is 623. The van der Waals surface area contributed by atoms with Gasteiger partial charge in [0.15, 0.2) is 0 Å². The molecule has 1 saturated heterocycles. The first kappa shape index (κ1) is 14.8. The molecule has 2 aromatic rings. The molecule has 1 fully saturated rings. The van der Waals surface area contributed by atoms with E-state index in [1.165, 1.54) is 0 Å². The lowest BCUT2D eigenvalue weighted by atomic mass is 10.0. The molecule has 116 valence electrons. The summed E-state index contributed by atoms with van der Waals surface area (Å²) in [5.41, 5.74) is 1.93. The molecule has 2 unspecified atom stereocenters. The molecule has 1 aromatic carbocycles. The van der Waals surface area contributed by atoms with Crippen LogP contribution in [0.1, 0.15) is 25.3 Å². The zero-order chi connectivity index (χ0) is 15.4. The number of carbonyl (C=O) groups is 1. The fourth-order valence-electron chi connectivity index (χ4n) is 2.90. The van der Waals surface area contributed by atoms with Crippen LogP contribution in [-0.2, 0) is 11.2 Å². The molecule has 0 bridgehead atoms. The van der Waals surface area contributed by atoms with Crippen molar-refractivity contribution in [2.75, 3.05) is 6.54 Å². The molecule has 0 saturated carbocycles. The molecule has 1 aromatic heterocycles. The van der Waals surface area contributed by atoms with E-state index in [4.69, 9.17) is 0 Å². The van der Waals surface area contributed by atoms with Crippen molar-refractivity contribution in [1.29, 1.82) is 0 Å². The first-order valence-electron chi connectivity index (χ1n) is 7.82. The number of amides is 1. The van der Waals surface area contributed by atoms with Crippen LogP contribution in [0, 0.1) is 0 Å². The molecular formula is C17H22N4O. The molecule has 5 heteroatoms. The van der Waals surface area contributed by atoms with E-state index in [0.29, 0.717) is 12.5 Å². The second-order valence-corrected chi connectivity index (χ2v) is 5.95. The van der Waals surface area contributed by atoms with E-state index >= 15 is 0 Å². The third-order valence-corrected chi connectivity index (χ3v) is 4.01. The summed E-state index contributed by atoms with van der Waals surface area (Å²) >= 11 is 0. The van der Waals surface area contributed by atoms with Crippen molar-refractivity contribution in [2.24, 2.45) is 0 Å². The molecule has 5 nitrogen and oxygen atoms in total. The molecule has 2 atom stereocenters. The Morgan fingerprint density at radius 2 is 2.23 bits per heavy atom. The second kappa shape index (κ2) is 6.75. The number of nitrogens with zero attached hydrogens (tertiary/aromatic N) is 2. The van der Waals surface area contributed by atoms with Crippen molar-refractivity contribution in [3.8, 4) is 5.69 Å². The van der Waals surface area contributed by atoms with Gasteiger partial charge in [0.2, 0.25) is 5.91 Å². The van der Waals surface area contributed by atoms with Gasteiger partial charge >= 0.3 is 0 Å². The summed E-state index contributed by atoms with van der Waals surface area (Å²) in [6, 6.07) is 10.7. The van der Waals surface area contributed by atoms with Gasteiger partial charge in [-0.3, -0.25) is 4.79 Å². The van der Waals surface area contributed by atoms with Crippen LogP contribution in [0.3, 0.4) is 0 Å². The SMILES string of the molecule is CC1CC(NC(=O)Cc2cnn(-c3ccccc3)c2)CCN1. The predicted octanol–water partition coefficient (Wildman–Crippen LogP) is 1.67. The van der Waals surface area contributed by atoms with Crippen LogP contribution in [0.15, 0.2) is 42.7 Å². The summed E-state index contributed by atoms with van der Waals surface area (Å²) in [4.78, 5) is 12.2. The van der Waals surface area contributed by atoms with Gasteiger partial charge in [-0.2, -0.15) is 5.10 Å². The van der Waals surface area contributed by atoms with Gasteiger partial charge in [-0.15, -0.1) is 0 Å². The Kier molecular flexibility index (Phi) is 4.53. The minimum absolute atomic E-state index is 0.0757. The van der Waals surface area contributed by atoms with Gasteiger partial charge in [0, 0.05) is 18.3 Å². The largest absolute Gasteiger partial charge is 0.353 e. The number of nitrogens with one attached hydrogen (secondary N) is 2. The molecule has 22 heavy (non-hydrogen) atoms. The van der Waals surface area contributed by atoms with Gasteiger partial charge in [0.05, 0.1) is 18.3 Å². The summed E-state index contributed by atoms with van der Waals surface area (Å²) in [6.45, 7) is 3.13. The lowest BCUT2D eigenvalue weighted by Gasteiger charge is -2.28. The smallest absolute Gasteiger partial charge is 0.224 e. The van der Waals surface area contributed by atoms with Crippen molar-refractivity contribution >= 4 is 5.91 Å². The average Bonchev–Trinajstić information content (AvgIpc) is 2.96. The van der Waals surface area contributed by atoms with E-state index in [1.54, 1.807) is 10.9 Å². The van der Waals surface area contributed by atoms with Crippen molar-refractivity contribution in [3.05, 3.63) is 48.3 Å². The van der Waals surface area contributed by atoms with E-state index in [-0.39, 0.29) is 11.9 Å². The summed E-state index contributed by atoms with van der Waals surface area (Å²) < 4.78 is 1.80. The third-order valence-electron chi connectivity index (χ3n) is 4.01. The normalized spacial score (nSPS) is 21.5. The number of hydrogen-bond donors (Lipinski definition) is 2. The standard InChI is InChI=1S/C17H22N4O/c1-13-9-15(7-8-18-13)20-17(22)10-14-11-19-21(12-14)16-5-3-2-4-6-16/h2-6,11-13,15,18H,7-10H2,1H3,(H,20,22). The molecule has 3 rings (SSSR count). The Balaban J connectivity index is 1.57. The van der Waals surface area contributed by atoms with E-state index in [1.807, 2.05) is 36.5 Å². The number of rotatable bonds is 4. The predicted molar refractivity (Wildman–Crippen MR) is 85.9 cm³/mol. The zero-order valence-electron chi connectivity index (χ0n) is 12.8. The van der Waals surface area contributed by atoms with Crippen LogP contribution in [-0.4, -0.2) is 34.3 Å². The molecule has 0 spiro atoms. The number of hydrogen-bond acceptors (Lipinski definition) is 3. The Labute approximate surface area is 130 Å². The van der Waals surface area contributed by atoms with Crippen molar-refractivity contribution < 1.29 is 4.79 Å². The highest BCUT2D eigenvalue weighted by Crippen LogP contribution is 2.10. The van der Waals surface area contributed by atoms with Crippen LogP contribution in [0.25, 0.3) is 5.69 Å². The quantitative estimate of drug-likeness (QED) is 0.903. The topological polar surface area (TPSA) is 59.0 Å². The number of piperidine rings is 1. The van der Waals surface area contributed by atoms with Crippen molar-refractivity contribution in [3.63, 3.8) is 0 Å². The highest BCUT2D eigenvalue weighted by molar-refractivity contribution is 5.78. The van der Waals surface area contributed by atoms with Crippen LogP contribution >= 0.6 is 0 Å². The number of para-hydroxylation sites is 1.